The first-order valence-electron chi connectivity index (χ1n) is 20.3. The molecular weight excluding hydrogens is 912 g/mol. The Morgan fingerprint density at radius 3 is 0.776 bits per heavy atom. The van der Waals surface area contributed by atoms with E-state index in [0.717, 1.165) is 76.2 Å². The van der Waals surface area contributed by atoms with E-state index in [1.165, 1.54) is 0 Å². The molecule has 0 spiro atoms. The highest BCUT2D eigenvalue weighted by molar-refractivity contribution is 5.70. The van der Waals surface area contributed by atoms with E-state index in [1.807, 2.05) is 0 Å². The Morgan fingerprint density at radius 2 is 0.493 bits per heavy atom. The Kier molecular flexibility index (Phi) is 20.8. The second kappa shape index (κ2) is 25.2. The van der Waals surface area contributed by atoms with Gasteiger partial charge in [0.05, 0.1) is 0 Å². The van der Waals surface area contributed by atoms with Crippen LogP contribution in [-0.4, -0.2) is 178 Å². The molecule has 0 radical (unpaired) electrons. The van der Waals surface area contributed by atoms with Gasteiger partial charge in [0, 0.05) is 76.2 Å². The van der Waals surface area contributed by atoms with E-state index < -0.39 is 178 Å². The SMILES string of the molecule is CC(=O)OC[C@H]1O[C@@H](O[C@@H]2[C@@H](OC(C)=O)[C@H](O[C@@H]3[C@@H](OC(C)=O)[C@@H](OC(C)=O)O[C@H](COC(C)=O)[C@H]3OC(C)=O)O[C@H](COC(C)=O)[C@H]2OC(C)=O)[C@H](OC(C)=O)[C@@H](OC(C)=O)[C@@H]1OC(C)=O. The molecule has 0 aromatic rings. The molecule has 376 valence electrons. The summed E-state index contributed by atoms with van der Waals surface area (Å²) in [4.78, 5) is 137. The molecule has 0 N–H and O–H groups in total. The first-order chi connectivity index (χ1) is 31.3. The smallest absolute Gasteiger partial charge is 0.305 e. The van der Waals surface area contributed by atoms with Crippen LogP contribution in [0.1, 0.15) is 76.2 Å². The van der Waals surface area contributed by atoms with E-state index in [1.54, 1.807) is 0 Å². The van der Waals surface area contributed by atoms with Crippen LogP contribution in [0, 0.1) is 0 Å². The fourth-order valence-electron chi connectivity index (χ4n) is 7.01. The molecule has 0 aliphatic carbocycles. The highest BCUT2D eigenvalue weighted by Gasteiger charge is 2.60. The molecule has 67 heavy (non-hydrogen) atoms. The van der Waals surface area contributed by atoms with Gasteiger partial charge >= 0.3 is 65.7 Å². The number of hydrogen-bond acceptors (Lipinski definition) is 27. The minimum absolute atomic E-state index is 0.700. The number of hydrogen-bond donors (Lipinski definition) is 0. The third kappa shape index (κ3) is 17.0. The summed E-state index contributed by atoms with van der Waals surface area (Å²) in [5, 5.41) is 0. The van der Waals surface area contributed by atoms with Crippen molar-refractivity contribution in [3.63, 3.8) is 0 Å². The molecule has 0 bridgehead atoms. The molecule has 3 saturated heterocycles. The van der Waals surface area contributed by atoms with Gasteiger partial charge in [-0.2, -0.15) is 0 Å². The lowest BCUT2D eigenvalue weighted by atomic mass is 9.95. The lowest BCUT2D eigenvalue weighted by Crippen LogP contribution is -2.69. The summed E-state index contributed by atoms with van der Waals surface area (Å²) in [6.07, 6.45) is -27.9. The van der Waals surface area contributed by atoms with Crippen molar-refractivity contribution in [3.05, 3.63) is 0 Å². The Hall–Kier alpha value is -6.03. The molecule has 0 saturated carbocycles. The quantitative estimate of drug-likeness (QED) is 0.114. The first kappa shape index (κ1) is 55.3. The van der Waals surface area contributed by atoms with Crippen molar-refractivity contribution < 1.29 is 129 Å². The van der Waals surface area contributed by atoms with E-state index >= 15 is 0 Å². The molecular formula is C40H54O27. The summed E-state index contributed by atoms with van der Waals surface area (Å²) < 4.78 is 90.6. The number of ether oxygens (including phenoxy) is 16. The van der Waals surface area contributed by atoms with Crippen LogP contribution >= 0.6 is 0 Å². The predicted molar refractivity (Wildman–Crippen MR) is 206 cm³/mol. The Bertz CT molecular complexity index is 1850. The number of carbonyl (C=O) groups excluding carboxylic acids is 11. The standard InChI is InChI=1S/C40H54O27/c1-15(41)52-12-26-29(55-18(4)44)32(58-21(7)47)35(59-22(8)48)39(64-26)67-34-31(57-20(6)46)28(14-54-17(3)43)65-40(37(34)61-24(10)50)66-33-30(56-19(5)45)27(13-53-16(2)42)63-38(62-25(11)51)36(33)60-23(9)49/h26-40H,12-14H2,1-11H3/t26-,27-,28-,29-,30-,31-,32+,33+,34+,35-,36-,37-,38+,39+,40+/m1/s1. The van der Waals surface area contributed by atoms with Crippen LogP contribution in [0.2, 0.25) is 0 Å². The lowest BCUT2D eigenvalue weighted by Gasteiger charge is -2.50. The maximum Gasteiger partial charge on any atom is 0.305 e. The second-order valence-electron chi connectivity index (χ2n) is 14.9. The molecule has 3 rings (SSSR count). The Labute approximate surface area is 382 Å². The van der Waals surface area contributed by atoms with Gasteiger partial charge < -0.3 is 75.8 Å². The van der Waals surface area contributed by atoms with Crippen LogP contribution < -0.4 is 0 Å². The van der Waals surface area contributed by atoms with Gasteiger partial charge in [-0.25, -0.2) is 0 Å². The summed E-state index contributed by atoms with van der Waals surface area (Å²) in [5.74, 6) is -10.8. The minimum atomic E-state index is -2.13. The summed E-state index contributed by atoms with van der Waals surface area (Å²) in [6, 6.07) is 0. The van der Waals surface area contributed by atoms with Crippen molar-refractivity contribution in [2.75, 3.05) is 19.8 Å². The van der Waals surface area contributed by atoms with Crippen LogP contribution in [0.15, 0.2) is 0 Å². The molecule has 3 aliphatic heterocycles. The first-order valence-corrected chi connectivity index (χ1v) is 20.3. The van der Waals surface area contributed by atoms with E-state index in [4.69, 9.17) is 75.8 Å². The average Bonchev–Trinajstić information content (AvgIpc) is 3.17. The molecule has 27 nitrogen and oxygen atoms in total. The van der Waals surface area contributed by atoms with Crippen molar-refractivity contribution >= 4 is 65.7 Å². The van der Waals surface area contributed by atoms with Gasteiger partial charge in [0.25, 0.3) is 0 Å². The van der Waals surface area contributed by atoms with Crippen molar-refractivity contribution in [1.29, 1.82) is 0 Å². The molecule has 0 unspecified atom stereocenters. The topological polar surface area (TPSA) is 335 Å². The van der Waals surface area contributed by atoms with Crippen LogP contribution in [0.4, 0.5) is 0 Å². The molecule has 3 fully saturated rings. The fourth-order valence-corrected chi connectivity index (χ4v) is 7.01. The largest absolute Gasteiger partial charge is 0.463 e. The number of rotatable bonds is 18. The second-order valence-corrected chi connectivity index (χ2v) is 14.9. The minimum Gasteiger partial charge on any atom is -0.463 e. The van der Waals surface area contributed by atoms with Crippen molar-refractivity contribution in [2.24, 2.45) is 0 Å². The van der Waals surface area contributed by atoms with Crippen LogP contribution in [0.5, 0.6) is 0 Å². The lowest BCUT2D eigenvalue weighted by molar-refractivity contribution is -0.380. The van der Waals surface area contributed by atoms with Crippen molar-refractivity contribution in [1.82, 2.24) is 0 Å². The zero-order valence-corrected chi connectivity index (χ0v) is 38.3. The molecule has 0 aromatic carbocycles. The van der Waals surface area contributed by atoms with E-state index in [0.29, 0.717) is 0 Å². The van der Waals surface area contributed by atoms with E-state index in [-0.39, 0.29) is 0 Å². The van der Waals surface area contributed by atoms with Gasteiger partial charge in [0.15, 0.2) is 55.3 Å². The third-order valence-corrected chi connectivity index (χ3v) is 9.11. The maximum atomic E-state index is 13.1. The highest BCUT2D eigenvalue weighted by Crippen LogP contribution is 2.38. The van der Waals surface area contributed by atoms with Gasteiger partial charge in [-0.05, 0) is 0 Å². The fraction of sp³-hybridized carbons (Fsp3) is 0.725. The normalized spacial score (nSPS) is 31.2. The van der Waals surface area contributed by atoms with Gasteiger partial charge in [-0.3, -0.25) is 52.7 Å². The Morgan fingerprint density at radius 1 is 0.269 bits per heavy atom. The van der Waals surface area contributed by atoms with Gasteiger partial charge in [0.1, 0.15) is 50.3 Å². The zero-order chi connectivity index (χ0) is 50.4. The maximum absolute atomic E-state index is 13.1. The highest BCUT2D eigenvalue weighted by atomic mass is 16.8. The molecule has 0 amide bonds. The summed E-state index contributed by atoms with van der Waals surface area (Å²) in [6.45, 7) is 8.50. The van der Waals surface area contributed by atoms with Gasteiger partial charge in [-0.15, -0.1) is 0 Å². The predicted octanol–water partition coefficient (Wildman–Crippen LogP) is -1.29. The van der Waals surface area contributed by atoms with Crippen molar-refractivity contribution in [3.8, 4) is 0 Å². The number of carbonyl (C=O) groups is 11. The van der Waals surface area contributed by atoms with E-state index in [2.05, 4.69) is 0 Å². The molecule has 3 heterocycles. The van der Waals surface area contributed by atoms with Gasteiger partial charge in [-0.1, -0.05) is 0 Å². The molecule has 15 atom stereocenters. The molecule has 27 heteroatoms. The van der Waals surface area contributed by atoms with Gasteiger partial charge in [0.2, 0.25) is 6.29 Å². The number of esters is 11. The zero-order valence-electron chi connectivity index (χ0n) is 38.3. The van der Waals surface area contributed by atoms with E-state index in [9.17, 15) is 52.7 Å². The van der Waals surface area contributed by atoms with Crippen molar-refractivity contribution in [2.45, 2.75) is 168 Å². The molecule has 0 aromatic heterocycles. The van der Waals surface area contributed by atoms with Crippen LogP contribution in [0.25, 0.3) is 0 Å². The third-order valence-electron chi connectivity index (χ3n) is 9.11. The molecule has 3 aliphatic rings. The monoisotopic (exact) mass is 966 g/mol. The van der Waals surface area contributed by atoms with Crippen LogP contribution in [-0.2, 0) is 129 Å². The average molecular weight is 967 g/mol. The summed E-state index contributed by atoms with van der Waals surface area (Å²) in [5.41, 5.74) is 0. The van der Waals surface area contributed by atoms with Crippen LogP contribution in [0.3, 0.4) is 0 Å². The summed E-state index contributed by atoms with van der Waals surface area (Å²) >= 11 is 0. The Balaban J connectivity index is 2.38. The summed E-state index contributed by atoms with van der Waals surface area (Å²) in [7, 11) is 0.